The summed E-state index contributed by atoms with van der Waals surface area (Å²) in [5.41, 5.74) is -1.70. The molecule has 3 nitrogen and oxygen atoms in total. The van der Waals surface area contributed by atoms with E-state index in [1.165, 1.54) is 30.7 Å². The molecule has 96 valence electrons. The van der Waals surface area contributed by atoms with Gasteiger partial charge in [0.2, 0.25) is 0 Å². The molecule has 1 N–H and O–H groups in total. The fourth-order valence-electron chi connectivity index (χ4n) is 1.94. The molecule has 1 aromatic rings. The maximum absolute atomic E-state index is 12.9. The molecule has 1 aromatic heterocycles. The van der Waals surface area contributed by atoms with E-state index < -0.39 is 17.7 Å². The first-order valence-electron chi connectivity index (χ1n) is 5.32. The van der Waals surface area contributed by atoms with Crippen LogP contribution in [0.5, 0.6) is 0 Å². The largest absolute Gasteiger partial charge is 0.398 e. The number of hydrogen-bond donors (Lipinski definition) is 1. The molecule has 2 rings (SSSR count). The molecule has 0 aromatic carbocycles. The monoisotopic (exact) mass is 256 g/mol. The normalized spacial score (nSPS) is 27.4. The van der Waals surface area contributed by atoms with E-state index >= 15 is 0 Å². The van der Waals surface area contributed by atoms with Gasteiger partial charge in [0.05, 0.1) is 5.69 Å². The lowest BCUT2D eigenvalue weighted by Crippen LogP contribution is -2.46. The topological polar surface area (TPSA) is 46.0 Å². The fraction of sp³-hybridized carbons (Fsp3) is 0.333. The molecule has 0 fully saturated rings. The van der Waals surface area contributed by atoms with Crippen LogP contribution < -0.4 is 0 Å². The van der Waals surface area contributed by atoms with Crippen molar-refractivity contribution in [3.05, 3.63) is 48.6 Å². The van der Waals surface area contributed by atoms with Gasteiger partial charge in [0.25, 0.3) is 0 Å². The van der Waals surface area contributed by atoms with E-state index in [1.807, 2.05) is 0 Å². The van der Waals surface area contributed by atoms with Gasteiger partial charge < -0.3 is 5.11 Å². The number of aromatic nitrogens is 2. The number of alkyl halides is 3. The lowest BCUT2D eigenvalue weighted by atomic mass is 9.80. The lowest BCUT2D eigenvalue weighted by molar-refractivity contribution is -0.200. The molecule has 1 heterocycles. The predicted molar refractivity (Wildman–Crippen MR) is 58.5 cm³/mol. The average Bonchev–Trinajstić information content (AvgIpc) is 2.28. The maximum atomic E-state index is 12.9. The lowest BCUT2D eigenvalue weighted by Gasteiger charge is -2.34. The summed E-state index contributed by atoms with van der Waals surface area (Å²) in [6.45, 7) is 0. The van der Waals surface area contributed by atoms with Gasteiger partial charge in [0, 0.05) is 25.0 Å². The van der Waals surface area contributed by atoms with Gasteiger partial charge in [-0.15, -0.1) is 0 Å². The summed E-state index contributed by atoms with van der Waals surface area (Å²) in [6.07, 6.45) is 4.20. The van der Waals surface area contributed by atoms with Crippen LogP contribution in [0, 0.1) is 5.92 Å². The zero-order valence-corrected chi connectivity index (χ0v) is 9.30. The molecule has 0 aliphatic heterocycles. The standard InChI is InChI=1S/C12H11F3N2O/c13-12(14,15)10-3-1-2-4-11(10,18)7-9-8-16-5-6-17-9/h1-6,8,10,18H,7H2. The smallest absolute Gasteiger partial charge is 0.384 e. The van der Waals surface area contributed by atoms with Crippen LogP contribution in [0.15, 0.2) is 42.9 Å². The third-order valence-electron chi connectivity index (χ3n) is 2.77. The van der Waals surface area contributed by atoms with Gasteiger partial charge in [-0.25, -0.2) is 0 Å². The first-order chi connectivity index (χ1) is 8.42. The van der Waals surface area contributed by atoms with Gasteiger partial charge in [-0.1, -0.05) is 24.3 Å². The molecule has 0 saturated carbocycles. The second-order valence-corrected chi connectivity index (χ2v) is 4.13. The summed E-state index contributed by atoms with van der Waals surface area (Å²) in [5.74, 6) is -1.93. The van der Waals surface area contributed by atoms with E-state index in [4.69, 9.17) is 0 Å². The van der Waals surface area contributed by atoms with Crippen molar-refractivity contribution in [2.45, 2.75) is 18.2 Å². The Kier molecular flexibility index (Phi) is 3.21. The molecule has 18 heavy (non-hydrogen) atoms. The van der Waals surface area contributed by atoms with Crippen molar-refractivity contribution < 1.29 is 18.3 Å². The SMILES string of the molecule is OC1(Cc2cnccn2)C=CC=CC1C(F)(F)F. The molecule has 1 aliphatic carbocycles. The van der Waals surface area contributed by atoms with Crippen molar-refractivity contribution >= 4 is 0 Å². The molecule has 0 amide bonds. The highest BCUT2D eigenvalue weighted by atomic mass is 19.4. The predicted octanol–water partition coefficient (Wildman–Crippen LogP) is 2.05. The summed E-state index contributed by atoms with van der Waals surface area (Å²) in [6, 6.07) is 0. The minimum Gasteiger partial charge on any atom is -0.384 e. The maximum Gasteiger partial charge on any atom is 0.398 e. The summed E-state index contributed by atoms with van der Waals surface area (Å²) in [4.78, 5) is 7.66. The first-order valence-corrected chi connectivity index (χ1v) is 5.32. The van der Waals surface area contributed by atoms with Crippen LogP contribution in [-0.4, -0.2) is 26.9 Å². The van der Waals surface area contributed by atoms with Crippen LogP contribution in [0.2, 0.25) is 0 Å². The number of nitrogens with zero attached hydrogens (tertiary/aromatic N) is 2. The zero-order valence-electron chi connectivity index (χ0n) is 9.30. The van der Waals surface area contributed by atoms with Gasteiger partial charge in [-0.05, 0) is 0 Å². The minimum absolute atomic E-state index is 0.230. The molecule has 0 bridgehead atoms. The second kappa shape index (κ2) is 4.53. The molecule has 6 heteroatoms. The summed E-state index contributed by atoms with van der Waals surface area (Å²) < 4.78 is 38.6. The Bertz CT molecular complexity index is 470. The Morgan fingerprint density at radius 3 is 2.67 bits per heavy atom. The van der Waals surface area contributed by atoms with Gasteiger partial charge in [-0.3, -0.25) is 9.97 Å². The van der Waals surface area contributed by atoms with Crippen molar-refractivity contribution in [3.63, 3.8) is 0 Å². The average molecular weight is 256 g/mol. The molecule has 0 saturated heterocycles. The summed E-state index contributed by atoms with van der Waals surface area (Å²) >= 11 is 0. The van der Waals surface area contributed by atoms with Crippen LogP contribution in [-0.2, 0) is 6.42 Å². The van der Waals surface area contributed by atoms with Crippen molar-refractivity contribution in [1.29, 1.82) is 0 Å². The Balaban J connectivity index is 2.28. The fourth-order valence-corrected chi connectivity index (χ4v) is 1.94. The van der Waals surface area contributed by atoms with Gasteiger partial charge in [0.1, 0.15) is 11.5 Å². The highest BCUT2D eigenvalue weighted by molar-refractivity contribution is 5.25. The van der Waals surface area contributed by atoms with Gasteiger partial charge >= 0.3 is 6.18 Å². The molecular formula is C12H11F3N2O. The molecule has 2 unspecified atom stereocenters. The highest BCUT2D eigenvalue weighted by Gasteiger charge is 2.51. The quantitative estimate of drug-likeness (QED) is 0.881. The molecule has 1 aliphatic rings. The summed E-state index contributed by atoms with van der Waals surface area (Å²) in [7, 11) is 0. The van der Waals surface area contributed by atoms with Crippen LogP contribution in [0.1, 0.15) is 5.69 Å². The number of aliphatic hydroxyl groups is 1. The second-order valence-electron chi connectivity index (χ2n) is 4.13. The number of rotatable bonds is 2. The molecule has 0 spiro atoms. The van der Waals surface area contributed by atoms with Crippen LogP contribution >= 0.6 is 0 Å². The van der Waals surface area contributed by atoms with Gasteiger partial charge in [-0.2, -0.15) is 13.2 Å². The van der Waals surface area contributed by atoms with Crippen LogP contribution in [0.4, 0.5) is 13.2 Å². The molecule has 2 atom stereocenters. The minimum atomic E-state index is -4.50. The molecule has 0 radical (unpaired) electrons. The van der Waals surface area contributed by atoms with Crippen molar-refractivity contribution in [2.75, 3.05) is 0 Å². The van der Waals surface area contributed by atoms with Crippen molar-refractivity contribution in [3.8, 4) is 0 Å². The Morgan fingerprint density at radius 1 is 1.28 bits per heavy atom. The van der Waals surface area contributed by atoms with E-state index in [-0.39, 0.29) is 6.42 Å². The van der Waals surface area contributed by atoms with Crippen LogP contribution in [0.3, 0.4) is 0 Å². The van der Waals surface area contributed by atoms with E-state index in [0.29, 0.717) is 5.69 Å². The number of hydrogen-bond acceptors (Lipinski definition) is 3. The molecular weight excluding hydrogens is 245 g/mol. The van der Waals surface area contributed by atoms with Crippen LogP contribution in [0.25, 0.3) is 0 Å². The Morgan fingerprint density at radius 2 is 2.06 bits per heavy atom. The Hall–Kier alpha value is -1.69. The Labute approximate surface area is 102 Å². The zero-order chi connectivity index (χ0) is 13.2. The van der Waals surface area contributed by atoms with Gasteiger partial charge in [0.15, 0.2) is 0 Å². The number of halogens is 3. The summed E-state index contributed by atoms with van der Waals surface area (Å²) in [5, 5.41) is 10.2. The third kappa shape index (κ3) is 2.59. The van der Waals surface area contributed by atoms with E-state index in [0.717, 1.165) is 12.2 Å². The third-order valence-corrected chi connectivity index (χ3v) is 2.77. The van der Waals surface area contributed by atoms with E-state index in [9.17, 15) is 18.3 Å². The first kappa shape index (κ1) is 12.8. The van der Waals surface area contributed by atoms with E-state index in [1.54, 1.807) is 0 Å². The highest BCUT2D eigenvalue weighted by Crippen LogP contribution is 2.39. The number of allylic oxidation sites excluding steroid dienone is 2. The van der Waals surface area contributed by atoms with Crippen molar-refractivity contribution in [1.82, 2.24) is 9.97 Å². The van der Waals surface area contributed by atoms with Crippen molar-refractivity contribution in [2.24, 2.45) is 5.92 Å². The van der Waals surface area contributed by atoms with E-state index in [2.05, 4.69) is 9.97 Å².